The molecule has 0 aromatic rings. The molecule has 0 aromatic carbocycles. The summed E-state index contributed by atoms with van der Waals surface area (Å²) < 4.78 is 41.5. The van der Waals surface area contributed by atoms with Crippen LogP contribution in [0.15, 0.2) is 23.3 Å². The van der Waals surface area contributed by atoms with Gasteiger partial charge in [0.2, 0.25) is 5.79 Å². The molecule has 3 saturated heterocycles. The maximum Gasteiger partial charge on any atom is 0.335 e. The minimum Gasteiger partial charge on any atom is -0.464 e. The van der Waals surface area contributed by atoms with Gasteiger partial charge in [-0.05, 0) is 95.5 Å². The van der Waals surface area contributed by atoms with Crippen LogP contribution in [0.5, 0.6) is 0 Å². The molecule has 0 radical (unpaired) electrons. The van der Waals surface area contributed by atoms with Gasteiger partial charge in [0.05, 0.1) is 37.1 Å². The van der Waals surface area contributed by atoms with Crippen molar-refractivity contribution in [2.24, 2.45) is 29.6 Å². The van der Waals surface area contributed by atoms with E-state index in [0.717, 1.165) is 12.0 Å². The number of cyclic esters (lactones) is 2. The highest BCUT2D eigenvalue weighted by Crippen LogP contribution is 2.39. The summed E-state index contributed by atoms with van der Waals surface area (Å²) in [5.41, 5.74) is 1.65. The lowest BCUT2D eigenvalue weighted by molar-refractivity contribution is -0.302. The zero-order chi connectivity index (χ0) is 46.2. The summed E-state index contributed by atoms with van der Waals surface area (Å²) in [6, 6.07) is -1.15. The van der Waals surface area contributed by atoms with E-state index in [9.17, 15) is 34.2 Å². The molecule has 4 heterocycles. The van der Waals surface area contributed by atoms with Gasteiger partial charge in [-0.3, -0.25) is 14.4 Å². The number of ketones is 2. The van der Waals surface area contributed by atoms with Crippen molar-refractivity contribution >= 4 is 29.4 Å². The van der Waals surface area contributed by atoms with Gasteiger partial charge in [0.1, 0.15) is 24.0 Å². The van der Waals surface area contributed by atoms with Crippen LogP contribution in [0.25, 0.3) is 0 Å². The van der Waals surface area contributed by atoms with E-state index in [1.165, 1.54) is 19.1 Å². The number of rotatable bonds is 9. The summed E-state index contributed by atoms with van der Waals surface area (Å²) in [5.74, 6) is -8.00. The molecule has 1 saturated carbocycles. The quantitative estimate of drug-likeness (QED) is 0.174. The Morgan fingerprint density at radius 3 is 2.24 bits per heavy atom. The van der Waals surface area contributed by atoms with Crippen LogP contribution in [0, 0.1) is 29.6 Å². The molecule has 15 nitrogen and oxygen atoms in total. The van der Waals surface area contributed by atoms with Crippen LogP contribution in [-0.4, -0.2) is 140 Å². The maximum atomic E-state index is 14.5. The summed E-state index contributed by atoms with van der Waals surface area (Å²) in [5, 5.41) is 24.0. The van der Waals surface area contributed by atoms with Gasteiger partial charge in [-0.1, -0.05) is 51.8 Å². The highest BCUT2D eigenvalue weighted by molar-refractivity contribution is 6.39. The van der Waals surface area contributed by atoms with Gasteiger partial charge >= 0.3 is 11.9 Å². The second-order valence-corrected chi connectivity index (χ2v) is 19.1. The molecule has 4 fully saturated rings. The third kappa shape index (κ3) is 12.2. The molecule has 5 rings (SSSR count). The van der Waals surface area contributed by atoms with Crippen molar-refractivity contribution < 1.29 is 67.3 Å². The molecule has 4 aliphatic heterocycles. The van der Waals surface area contributed by atoms with E-state index in [0.29, 0.717) is 70.0 Å². The number of amides is 1. The van der Waals surface area contributed by atoms with Crippen LogP contribution in [-0.2, 0) is 57.1 Å². The zero-order valence-corrected chi connectivity index (χ0v) is 39.1. The summed E-state index contributed by atoms with van der Waals surface area (Å²) >= 11 is 0. The highest BCUT2D eigenvalue weighted by atomic mass is 16.7. The number of esters is 2. The van der Waals surface area contributed by atoms with E-state index >= 15 is 0 Å². The van der Waals surface area contributed by atoms with Gasteiger partial charge in [0.15, 0.2) is 6.10 Å². The molecule has 0 aromatic heterocycles. The minimum atomic E-state index is -2.52. The lowest BCUT2D eigenvalue weighted by atomic mass is 9.81. The number of carbonyl (C=O) groups is 5. The third-order valence-corrected chi connectivity index (χ3v) is 14.3. The average molecular weight is 890 g/mol. The first-order chi connectivity index (χ1) is 29.9. The highest BCUT2D eigenvalue weighted by Gasteiger charge is 2.56. The van der Waals surface area contributed by atoms with E-state index in [-0.39, 0.29) is 61.6 Å². The summed E-state index contributed by atoms with van der Waals surface area (Å²) in [4.78, 5) is 70.6. The standard InChI is InChI=1S/C48H75NO14/c1-10-13-33-21-27(2)20-28(3)22-40(58-8)43-41(59-9)24-30(5)48(56,63-43)44(52)45(53)49-18-12-11-14-34(49)46(54)62-42(31(6)35(50)26-36(33)51)29(4)23-32-15-16-37(39(25-32)57-7)61-38-17-19-60-47(38)55/h21,23,28,30-35,37-43,50,56H,10-20,22,24-26H2,1-9H3/b27-21+,29-23+/t28-,30+,31+,32-,33+,34-,35-,37+,38?,39+,40-,41-,42?,43+,48+/m0/s1. The maximum absolute atomic E-state index is 14.5. The Morgan fingerprint density at radius 2 is 1.59 bits per heavy atom. The predicted molar refractivity (Wildman–Crippen MR) is 231 cm³/mol. The van der Waals surface area contributed by atoms with Crippen molar-refractivity contribution in [2.45, 2.75) is 186 Å². The zero-order valence-electron chi connectivity index (χ0n) is 39.1. The van der Waals surface area contributed by atoms with Crippen LogP contribution < -0.4 is 0 Å². The van der Waals surface area contributed by atoms with Crippen molar-refractivity contribution in [1.29, 1.82) is 0 Å². The molecule has 2 N–H and O–H groups in total. The molecule has 5 aliphatic rings. The minimum absolute atomic E-state index is 0.0230. The van der Waals surface area contributed by atoms with Crippen LogP contribution in [0.3, 0.4) is 0 Å². The number of hydrogen-bond donors (Lipinski definition) is 2. The predicted octanol–water partition coefficient (Wildman–Crippen LogP) is 5.20. The van der Waals surface area contributed by atoms with Crippen LogP contribution >= 0.6 is 0 Å². The monoisotopic (exact) mass is 890 g/mol. The Balaban J connectivity index is 1.49. The van der Waals surface area contributed by atoms with E-state index in [2.05, 4.69) is 6.92 Å². The Labute approximate surface area is 373 Å². The molecular formula is C48H75NO14. The number of hydrogen-bond acceptors (Lipinski definition) is 14. The normalized spacial score (nSPS) is 40.6. The number of nitrogens with zero attached hydrogens (tertiary/aromatic N) is 1. The summed E-state index contributed by atoms with van der Waals surface area (Å²) in [6.07, 6.45) is 4.68. The number of methoxy groups -OCH3 is 3. The molecule has 2 bridgehead atoms. The topological polar surface area (TPSA) is 194 Å². The fourth-order valence-corrected chi connectivity index (χ4v) is 10.6. The van der Waals surface area contributed by atoms with Crippen molar-refractivity contribution in [3.63, 3.8) is 0 Å². The number of allylic oxidation sites excluding steroid dienone is 3. The van der Waals surface area contributed by atoms with E-state index in [4.69, 9.17) is 33.2 Å². The van der Waals surface area contributed by atoms with E-state index in [1.807, 2.05) is 32.9 Å². The number of aliphatic hydroxyl groups excluding tert-OH is 1. The largest absolute Gasteiger partial charge is 0.464 e. The van der Waals surface area contributed by atoms with Gasteiger partial charge in [-0.15, -0.1) is 0 Å². The first-order valence-electron chi connectivity index (χ1n) is 23.4. The summed E-state index contributed by atoms with van der Waals surface area (Å²) in [7, 11) is 4.67. The molecule has 63 heavy (non-hydrogen) atoms. The number of ether oxygens (including phenoxy) is 7. The van der Waals surface area contributed by atoms with E-state index < -0.39 is 83.9 Å². The Hall–Kier alpha value is -3.05. The number of fused-ring (bicyclic) bond motifs is 3. The molecule has 356 valence electrons. The van der Waals surface area contributed by atoms with Crippen molar-refractivity contribution in [1.82, 2.24) is 4.90 Å². The molecule has 1 aliphatic carbocycles. The smallest absolute Gasteiger partial charge is 0.335 e. The Bertz CT molecular complexity index is 1660. The first-order valence-corrected chi connectivity index (χ1v) is 23.4. The molecule has 15 heteroatoms. The molecular weight excluding hydrogens is 815 g/mol. The molecule has 2 unspecified atom stereocenters. The van der Waals surface area contributed by atoms with Crippen LogP contribution in [0.2, 0.25) is 0 Å². The number of aliphatic hydroxyl groups is 2. The molecule has 1 amide bonds. The number of Topliss-reactive ketones (excluding diaryl/α,β-unsaturated/α-hetero) is 2. The number of carbonyl (C=O) groups excluding carboxylic acids is 5. The lowest BCUT2D eigenvalue weighted by Crippen LogP contribution is -2.64. The van der Waals surface area contributed by atoms with Gasteiger partial charge in [0, 0.05) is 58.5 Å². The third-order valence-electron chi connectivity index (χ3n) is 14.3. The molecule has 0 spiro atoms. The Kier molecular flexibility index (Phi) is 18.5. The van der Waals surface area contributed by atoms with Gasteiger partial charge in [-0.25, -0.2) is 9.59 Å². The fraction of sp³-hybridized carbons (Fsp3) is 0.812. The SMILES string of the molecule is CCC[C@@H]1/C=C(\C)C[C@H](C)C[C@H](OC)[C@H]2O[C@@](O)(C(=O)C(=O)N3CCCC[C@H]3C(=O)OC(/C(C)=C/[C@@H]3CC[C@@H](OC4CCOC4=O)[C@H](OC)C3)[C@H](C)[C@@H](O)CC1=O)[C@H](C)C[C@@H]2OC. The molecule has 15 atom stereocenters. The van der Waals surface area contributed by atoms with Crippen molar-refractivity contribution in [3.8, 4) is 0 Å². The summed E-state index contributed by atoms with van der Waals surface area (Å²) in [6.45, 7) is 11.7. The second-order valence-electron chi connectivity index (χ2n) is 19.1. The van der Waals surface area contributed by atoms with Gasteiger partial charge < -0.3 is 48.3 Å². The number of piperidine rings is 1. The first kappa shape index (κ1) is 50.9. The lowest BCUT2D eigenvalue weighted by Gasteiger charge is -2.47. The fourth-order valence-electron chi connectivity index (χ4n) is 10.6. The van der Waals surface area contributed by atoms with Crippen LogP contribution in [0.1, 0.15) is 125 Å². The van der Waals surface area contributed by atoms with Gasteiger partial charge in [-0.2, -0.15) is 0 Å². The van der Waals surface area contributed by atoms with Crippen LogP contribution in [0.4, 0.5) is 0 Å². The van der Waals surface area contributed by atoms with E-state index in [1.54, 1.807) is 21.0 Å². The van der Waals surface area contributed by atoms with Crippen molar-refractivity contribution in [2.75, 3.05) is 34.5 Å². The van der Waals surface area contributed by atoms with Crippen molar-refractivity contribution in [3.05, 3.63) is 23.3 Å². The van der Waals surface area contributed by atoms with Gasteiger partial charge in [0.25, 0.3) is 11.7 Å². The Morgan fingerprint density at radius 1 is 0.889 bits per heavy atom. The average Bonchev–Trinajstić information content (AvgIpc) is 3.67. The second kappa shape index (κ2) is 22.9.